The molecule has 1 unspecified atom stereocenters. The lowest BCUT2D eigenvalue weighted by atomic mass is 9.88. The molecule has 3 N–H and O–H groups in total. The van der Waals surface area contributed by atoms with E-state index in [0.717, 1.165) is 0 Å². The summed E-state index contributed by atoms with van der Waals surface area (Å²) in [7, 11) is 0. The van der Waals surface area contributed by atoms with Crippen LogP contribution in [0.25, 0.3) is 10.9 Å². The van der Waals surface area contributed by atoms with Gasteiger partial charge in [0.2, 0.25) is 0 Å². The number of fused-ring (bicyclic) bond motifs is 1. The van der Waals surface area contributed by atoms with Gasteiger partial charge < -0.3 is 19.9 Å². The SMILES string of the molecule is CCn1c(C)c(C(=O)O)c2c(C(C(=O)O)c3cccc(O)c3)cccc21. The van der Waals surface area contributed by atoms with Gasteiger partial charge in [0.15, 0.2) is 0 Å². The Morgan fingerprint density at radius 1 is 1.12 bits per heavy atom. The molecule has 1 heterocycles. The monoisotopic (exact) mass is 353 g/mol. The molecule has 0 saturated heterocycles. The number of aromatic nitrogens is 1. The fourth-order valence-electron chi connectivity index (χ4n) is 3.62. The molecule has 1 atom stereocenters. The second-order valence-electron chi connectivity index (χ2n) is 6.12. The number of phenolic OH excluding ortho intramolecular Hbond substituents is 1. The summed E-state index contributed by atoms with van der Waals surface area (Å²) in [6, 6.07) is 11.2. The van der Waals surface area contributed by atoms with Crippen LogP contribution in [0.3, 0.4) is 0 Å². The Kier molecular flexibility index (Phi) is 4.42. The summed E-state index contributed by atoms with van der Waals surface area (Å²) in [4.78, 5) is 24.0. The summed E-state index contributed by atoms with van der Waals surface area (Å²) >= 11 is 0. The minimum absolute atomic E-state index is 0.0401. The highest BCUT2D eigenvalue weighted by molar-refractivity contribution is 6.08. The van der Waals surface area contributed by atoms with E-state index in [-0.39, 0.29) is 11.3 Å². The predicted octanol–water partition coefficient (Wildman–Crippen LogP) is 3.59. The van der Waals surface area contributed by atoms with E-state index < -0.39 is 17.9 Å². The van der Waals surface area contributed by atoms with Crippen molar-refractivity contribution in [2.24, 2.45) is 0 Å². The maximum atomic E-state index is 12.1. The van der Waals surface area contributed by atoms with E-state index in [0.29, 0.717) is 34.3 Å². The summed E-state index contributed by atoms with van der Waals surface area (Å²) in [5.74, 6) is -3.33. The van der Waals surface area contributed by atoms with Crippen molar-refractivity contribution in [2.75, 3.05) is 0 Å². The second-order valence-corrected chi connectivity index (χ2v) is 6.12. The molecule has 3 aromatic rings. The highest BCUT2D eigenvalue weighted by atomic mass is 16.4. The van der Waals surface area contributed by atoms with Gasteiger partial charge in [0.1, 0.15) is 11.7 Å². The lowest BCUT2D eigenvalue weighted by Crippen LogP contribution is -2.14. The van der Waals surface area contributed by atoms with Crippen molar-refractivity contribution in [3.8, 4) is 5.75 Å². The van der Waals surface area contributed by atoms with Gasteiger partial charge in [-0.1, -0.05) is 24.3 Å². The number of benzene rings is 2. The standard InChI is InChI=1S/C20H19NO5/c1-3-21-11(2)16(19(23)24)18-14(8-5-9-15(18)21)17(20(25)26)12-6-4-7-13(22)10-12/h4-10,17,22H,3H2,1-2H3,(H,23,24)(H,25,26). The van der Waals surface area contributed by atoms with Crippen LogP contribution in [0.1, 0.15) is 40.0 Å². The third-order valence-corrected chi connectivity index (χ3v) is 4.67. The Morgan fingerprint density at radius 2 is 1.81 bits per heavy atom. The van der Waals surface area contributed by atoms with E-state index in [1.54, 1.807) is 37.3 Å². The van der Waals surface area contributed by atoms with E-state index in [2.05, 4.69) is 0 Å². The first kappa shape index (κ1) is 17.5. The first-order valence-electron chi connectivity index (χ1n) is 8.23. The first-order valence-corrected chi connectivity index (χ1v) is 8.23. The molecule has 6 nitrogen and oxygen atoms in total. The minimum Gasteiger partial charge on any atom is -0.508 e. The fourth-order valence-corrected chi connectivity index (χ4v) is 3.62. The summed E-state index contributed by atoms with van der Waals surface area (Å²) < 4.78 is 1.86. The summed E-state index contributed by atoms with van der Waals surface area (Å²) in [5, 5.41) is 29.8. The number of phenols is 1. The van der Waals surface area contributed by atoms with Crippen LogP contribution in [0.4, 0.5) is 0 Å². The normalized spacial score (nSPS) is 12.2. The van der Waals surface area contributed by atoms with Crippen molar-refractivity contribution in [2.45, 2.75) is 26.3 Å². The quantitative estimate of drug-likeness (QED) is 0.651. The number of aliphatic carboxylic acids is 1. The van der Waals surface area contributed by atoms with Gasteiger partial charge in [0.05, 0.1) is 5.56 Å². The molecular weight excluding hydrogens is 334 g/mol. The average Bonchev–Trinajstić information content (AvgIpc) is 2.87. The van der Waals surface area contributed by atoms with E-state index >= 15 is 0 Å². The van der Waals surface area contributed by atoms with Gasteiger partial charge in [0, 0.05) is 23.1 Å². The number of carboxylic acids is 2. The van der Waals surface area contributed by atoms with Crippen LogP contribution in [0, 0.1) is 6.92 Å². The van der Waals surface area contributed by atoms with Crippen LogP contribution in [-0.2, 0) is 11.3 Å². The summed E-state index contributed by atoms with van der Waals surface area (Å²) in [5.41, 5.74) is 2.18. The predicted molar refractivity (Wildman–Crippen MR) is 96.9 cm³/mol. The number of aryl methyl sites for hydroxylation is 1. The number of aromatic hydroxyl groups is 1. The molecule has 0 bridgehead atoms. The van der Waals surface area contributed by atoms with Crippen molar-refractivity contribution < 1.29 is 24.9 Å². The molecule has 0 aliphatic heterocycles. The van der Waals surface area contributed by atoms with Crippen LogP contribution in [0.15, 0.2) is 42.5 Å². The number of hydrogen-bond donors (Lipinski definition) is 3. The lowest BCUT2D eigenvalue weighted by Gasteiger charge is -2.16. The molecule has 1 aromatic heterocycles. The van der Waals surface area contributed by atoms with Gasteiger partial charge in [0.25, 0.3) is 0 Å². The molecule has 0 radical (unpaired) electrons. The average molecular weight is 353 g/mol. The zero-order valence-electron chi connectivity index (χ0n) is 14.4. The molecule has 0 fully saturated rings. The van der Waals surface area contributed by atoms with Gasteiger partial charge in [-0.25, -0.2) is 4.79 Å². The highest BCUT2D eigenvalue weighted by Gasteiger charge is 2.29. The molecule has 26 heavy (non-hydrogen) atoms. The van der Waals surface area contributed by atoms with Crippen LogP contribution < -0.4 is 0 Å². The third kappa shape index (κ3) is 2.69. The van der Waals surface area contributed by atoms with Crippen molar-refractivity contribution in [3.63, 3.8) is 0 Å². The Hall–Kier alpha value is -3.28. The third-order valence-electron chi connectivity index (χ3n) is 4.67. The first-order chi connectivity index (χ1) is 12.4. The van der Waals surface area contributed by atoms with Crippen molar-refractivity contribution >= 4 is 22.8 Å². The topological polar surface area (TPSA) is 99.8 Å². The number of rotatable bonds is 5. The Labute approximate surface area is 149 Å². The zero-order valence-corrected chi connectivity index (χ0v) is 14.4. The molecule has 0 aliphatic rings. The smallest absolute Gasteiger partial charge is 0.338 e. The van der Waals surface area contributed by atoms with Crippen LogP contribution in [0.5, 0.6) is 5.75 Å². The number of hydrogen-bond acceptors (Lipinski definition) is 3. The number of carbonyl (C=O) groups is 2. The van der Waals surface area contributed by atoms with E-state index in [4.69, 9.17) is 0 Å². The molecule has 134 valence electrons. The van der Waals surface area contributed by atoms with Crippen LogP contribution in [-0.4, -0.2) is 31.8 Å². The second kappa shape index (κ2) is 6.55. The number of aromatic carboxylic acids is 1. The Balaban J connectivity index is 2.40. The Morgan fingerprint density at radius 3 is 2.38 bits per heavy atom. The summed E-state index contributed by atoms with van der Waals surface area (Å²) in [6.45, 7) is 4.21. The molecule has 0 spiro atoms. The number of nitrogens with zero attached hydrogens (tertiary/aromatic N) is 1. The van der Waals surface area contributed by atoms with Crippen molar-refractivity contribution in [1.82, 2.24) is 4.57 Å². The van der Waals surface area contributed by atoms with Crippen LogP contribution in [0.2, 0.25) is 0 Å². The largest absolute Gasteiger partial charge is 0.508 e. The lowest BCUT2D eigenvalue weighted by molar-refractivity contribution is -0.137. The zero-order chi connectivity index (χ0) is 19.0. The Bertz CT molecular complexity index is 1020. The highest BCUT2D eigenvalue weighted by Crippen LogP contribution is 2.36. The molecule has 0 aliphatic carbocycles. The van der Waals surface area contributed by atoms with Gasteiger partial charge in [-0.15, -0.1) is 0 Å². The maximum Gasteiger partial charge on any atom is 0.338 e. The van der Waals surface area contributed by atoms with E-state index in [9.17, 15) is 24.9 Å². The van der Waals surface area contributed by atoms with Crippen molar-refractivity contribution in [3.05, 3.63) is 64.8 Å². The molecule has 2 aromatic carbocycles. The van der Waals surface area contributed by atoms with Gasteiger partial charge in [-0.05, 0) is 43.2 Å². The molecule has 0 saturated carbocycles. The van der Waals surface area contributed by atoms with Crippen LogP contribution >= 0.6 is 0 Å². The number of carboxylic acid groups (broad SMARTS) is 2. The van der Waals surface area contributed by atoms with Crippen molar-refractivity contribution in [1.29, 1.82) is 0 Å². The fraction of sp³-hybridized carbons (Fsp3) is 0.200. The minimum atomic E-state index is -1.11. The molecule has 0 amide bonds. The molecule has 3 rings (SSSR count). The maximum absolute atomic E-state index is 12.1. The van der Waals surface area contributed by atoms with Gasteiger partial charge >= 0.3 is 11.9 Å². The molecule has 6 heteroatoms. The van der Waals surface area contributed by atoms with Gasteiger partial charge in [-0.3, -0.25) is 4.79 Å². The van der Waals surface area contributed by atoms with E-state index in [1.165, 1.54) is 12.1 Å². The molecular formula is C20H19NO5. The van der Waals surface area contributed by atoms with Gasteiger partial charge in [-0.2, -0.15) is 0 Å². The summed E-state index contributed by atoms with van der Waals surface area (Å²) in [6.07, 6.45) is 0. The van der Waals surface area contributed by atoms with E-state index in [1.807, 2.05) is 11.5 Å².